The molecule has 4 heteroatoms. The molecule has 1 aromatic rings. The maximum Gasteiger partial charge on any atom is 0.237 e. The van der Waals surface area contributed by atoms with Crippen molar-refractivity contribution in [2.24, 2.45) is 0 Å². The van der Waals surface area contributed by atoms with Crippen molar-refractivity contribution in [2.75, 3.05) is 5.32 Å². The predicted molar refractivity (Wildman–Crippen MR) is 63.6 cm³/mol. The number of hydrogen-bond donors (Lipinski definition) is 1. The fourth-order valence-electron chi connectivity index (χ4n) is 0.775. The highest BCUT2D eigenvalue weighted by Gasteiger charge is 2.07. The van der Waals surface area contributed by atoms with Crippen LogP contribution in [0.2, 0.25) is 5.02 Å². The first-order chi connectivity index (χ1) is 6.09. The van der Waals surface area contributed by atoms with E-state index in [2.05, 4.69) is 27.9 Å². The molecule has 2 nitrogen and oxygen atoms in total. The van der Waals surface area contributed by atoms with Gasteiger partial charge >= 0.3 is 0 Å². The maximum atomic E-state index is 11.2. The van der Waals surface area contributed by atoms with E-state index in [-0.39, 0.29) is 9.83 Å². The highest BCUT2D eigenvalue weighted by Crippen LogP contribution is 2.14. The fraction of sp³-hybridized carbons (Fsp3) is 0.222. The van der Waals surface area contributed by atoms with Gasteiger partial charge in [0, 0.05) is 10.7 Å². The van der Waals surface area contributed by atoms with Crippen molar-refractivity contribution in [3.05, 3.63) is 29.3 Å². The summed E-state index contributed by atoms with van der Waals surface area (Å²) in [5.41, 5.74) is 0.776. The van der Waals surface area contributed by atoms with Crippen LogP contribution in [0.25, 0.3) is 0 Å². The molecule has 0 saturated carbocycles. The minimum absolute atomic E-state index is 0.00271. The van der Waals surface area contributed by atoms with Crippen LogP contribution in [0.5, 0.6) is 0 Å². The lowest BCUT2D eigenvalue weighted by molar-refractivity contribution is -0.115. The molecule has 0 aliphatic heterocycles. The van der Waals surface area contributed by atoms with Crippen LogP contribution in [-0.2, 0) is 4.79 Å². The van der Waals surface area contributed by atoms with Gasteiger partial charge in [-0.05, 0) is 31.2 Å². The average Bonchev–Trinajstić information content (AvgIpc) is 2.08. The van der Waals surface area contributed by atoms with E-state index in [0.29, 0.717) is 5.02 Å². The lowest BCUT2D eigenvalue weighted by Gasteiger charge is -2.05. The SMILES string of the molecule is C[C@@H](I)C(=O)Nc1ccc(Cl)cc1. The van der Waals surface area contributed by atoms with Gasteiger partial charge in [-0.3, -0.25) is 4.79 Å². The molecule has 0 aliphatic rings. The van der Waals surface area contributed by atoms with Crippen LogP contribution < -0.4 is 5.32 Å². The Morgan fingerprint density at radius 3 is 2.46 bits per heavy atom. The molecule has 0 aliphatic carbocycles. The molecule has 70 valence electrons. The van der Waals surface area contributed by atoms with Gasteiger partial charge in [0.2, 0.25) is 5.91 Å². The van der Waals surface area contributed by atoms with Gasteiger partial charge in [0.05, 0.1) is 3.92 Å². The molecule has 0 radical (unpaired) electrons. The topological polar surface area (TPSA) is 29.1 Å². The number of carbonyl (C=O) groups is 1. The molecule has 0 saturated heterocycles. The van der Waals surface area contributed by atoms with Crippen molar-refractivity contribution >= 4 is 45.8 Å². The summed E-state index contributed by atoms with van der Waals surface area (Å²) in [6, 6.07) is 7.04. The van der Waals surface area contributed by atoms with Crippen LogP contribution in [0.15, 0.2) is 24.3 Å². The standard InChI is InChI=1S/C9H9ClINO/c1-6(11)9(13)12-8-4-2-7(10)3-5-8/h2-6H,1H3,(H,12,13)/t6-/m1/s1. The smallest absolute Gasteiger partial charge is 0.237 e. The third-order valence-electron chi connectivity index (χ3n) is 1.47. The first kappa shape index (κ1) is 10.8. The summed E-state index contributed by atoms with van der Waals surface area (Å²) in [5.74, 6) is 0.00271. The Bertz CT molecular complexity index is 297. The van der Waals surface area contributed by atoms with E-state index in [1.54, 1.807) is 24.3 Å². The molecule has 1 amide bonds. The van der Waals surface area contributed by atoms with Gasteiger partial charge in [0.15, 0.2) is 0 Å². The van der Waals surface area contributed by atoms with Crippen LogP contribution in [0, 0.1) is 0 Å². The second-order valence-corrected chi connectivity index (χ2v) is 4.92. The molecule has 1 atom stereocenters. The number of hydrogen-bond acceptors (Lipinski definition) is 1. The van der Waals surface area contributed by atoms with Gasteiger partial charge in [-0.2, -0.15) is 0 Å². The lowest BCUT2D eigenvalue weighted by atomic mass is 10.3. The van der Waals surface area contributed by atoms with Crippen LogP contribution in [0.4, 0.5) is 5.69 Å². The zero-order valence-electron chi connectivity index (χ0n) is 7.05. The highest BCUT2D eigenvalue weighted by atomic mass is 127. The number of alkyl halides is 1. The van der Waals surface area contributed by atoms with E-state index >= 15 is 0 Å². The highest BCUT2D eigenvalue weighted by molar-refractivity contribution is 14.1. The third kappa shape index (κ3) is 3.52. The van der Waals surface area contributed by atoms with E-state index in [4.69, 9.17) is 11.6 Å². The molecule has 1 rings (SSSR count). The first-order valence-corrected chi connectivity index (χ1v) is 5.42. The summed E-state index contributed by atoms with van der Waals surface area (Å²) in [7, 11) is 0. The zero-order chi connectivity index (χ0) is 9.84. The molecule has 0 heterocycles. The van der Waals surface area contributed by atoms with Crippen LogP contribution in [0.1, 0.15) is 6.92 Å². The van der Waals surface area contributed by atoms with Crippen molar-refractivity contribution in [1.29, 1.82) is 0 Å². The number of nitrogens with one attached hydrogen (secondary N) is 1. The molecule has 0 fully saturated rings. The predicted octanol–water partition coefficient (Wildman–Crippen LogP) is 3.10. The van der Waals surface area contributed by atoms with Crippen molar-refractivity contribution in [3.63, 3.8) is 0 Å². The summed E-state index contributed by atoms with van der Waals surface area (Å²) < 4.78 is -0.0340. The lowest BCUT2D eigenvalue weighted by Crippen LogP contribution is -2.19. The minimum Gasteiger partial charge on any atom is -0.325 e. The number of anilines is 1. The Morgan fingerprint density at radius 1 is 1.46 bits per heavy atom. The summed E-state index contributed by atoms with van der Waals surface area (Å²) in [6.07, 6.45) is 0. The van der Waals surface area contributed by atoms with Crippen LogP contribution >= 0.6 is 34.2 Å². The van der Waals surface area contributed by atoms with Gasteiger partial charge in [-0.25, -0.2) is 0 Å². The Kier molecular flexibility index (Phi) is 3.99. The second kappa shape index (κ2) is 4.81. The summed E-state index contributed by atoms with van der Waals surface area (Å²) in [4.78, 5) is 11.2. The first-order valence-electron chi connectivity index (χ1n) is 3.80. The number of amides is 1. The quantitative estimate of drug-likeness (QED) is 0.660. The van der Waals surface area contributed by atoms with E-state index in [1.165, 1.54) is 0 Å². The Hall–Kier alpha value is -0.290. The van der Waals surface area contributed by atoms with Crippen LogP contribution in [-0.4, -0.2) is 9.83 Å². The molecule has 13 heavy (non-hydrogen) atoms. The molecule has 1 N–H and O–H groups in total. The van der Waals surface area contributed by atoms with Gasteiger partial charge in [-0.1, -0.05) is 34.2 Å². The zero-order valence-corrected chi connectivity index (χ0v) is 9.96. The number of benzene rings is 1. The van der Waals surface area contributed by atoms with E-state index in [1.807, 2.05) is 6.92 Å². The van der Waals surface area contributed by atoms with Gasteiger partial charge in [-0.15, -0.1) is 0 Å². The maximum absolute atomic E-state index is 11.2. The van der Waals surface area contributed by atoms with Crippen molar-refractivity contribution in [3.8, 4) is 0 Å². The van der Waals surface area contributed by atoms with Crippen molar-refractivity contribution in [2.45, 2.75) is 10.8 Å². The van der Waals surface area contributed by atoms with Gasteiger partial charge < -0.3 is 5.32 Å². The summed E-state index contributed by atoms with van der Waals surface area (Å²) in [6.45, 7) is 1.84. The van der Waals surface area contributed by atoms with Crippen molar-refractivity contribution in [1.82, 2.24) is 0 Å². The summed E-state index contributed by atoms with van der Waals surface area (Å²) in [5, 5.41) is 3.43. The molecule has 0 aromatic heterocycles. The molecule has 0 spiro atoms. The molecule has 1 aromatic carbocycles. The Labute approximate surface area is 95.8 Å². The van der Waals surface area contributed by atoms with Gasteiger partial charge in [0.1, 0.15) is 0 Å². The molecular formula is C9H9ClINO. The van der Waals surface area contributed by atoms with E-state index in [9.17, 15) is 4.79 Å². The normalized spacial score (nSPS) is 12.2. The molecular weight excluding hydrogens is 300 g/mol. The Balaban J connectivity index is 2.65. The third-order valence-corrected chi connectivity index (χ3v) is 2.29. The number of carbonyl (C=O) groups excluding carboxylic acids is 1. The Morgan fingerprint density at radius 2 is 2.00 bits per heavy atom. The van der Waals surface area contributed by atoms with Crippen molar-refractivity contribution < 1.29 is 4.79 Å². The largest absolute Gasteiger partial charge is 0.325 e. The van der Waals surface area contributed by atoms with Gasteiger partial charge in [0.25, 0.3) is 0 Å². The average molecular weight is 310 g/mol. The monoisotopic (exact) mass is 309 g/mol. The molecule has 0 bridgehead atoms. The minimum atomic E-state index is -0.0340. The van der Waals surface area contributed by atoms with E-state index in [0.717, 1.165) is 5.69 Å². The summed E-state index contributed by atoms with van der Waals surface area (Å²) >= 11 is 7.76. The number of halogens is 2. The fourth-order valence-corrected chi connectivity index (χ4v) is 1.06. The van der Waals surface area contributed by atoms with E-state index < -0.39 is 0 Å². The number of rotatable bonds is 2. The molecule has 0 unspecified atom stereocenters. The van der Waals surface area contributed by atoms with Crippen LogP contribution in [0.3, 0.4) is 0 Å². The second-order valence-electron chi connectivity index (χ2n) is 2.61.